The molecule has 0 unspecified atom stereocenters. The third-order valence-corrected chi connectivity index (χ3v) is 7.55. The van der Waals surface area contributed by atoms with Crippen LogP contribution in [0.4, 0.5) is 5.69 Å². The van der Waals surface area contributed by atoms with Crippen molar-refractivity contribution >= 4 is 34.9 Å². The highest BCUT2D eigenvalue weighted by atomic mass is 32.1. The first kappa shape index (κ1) is 28.4. The fourth-order valence-corrected chi connectivity index (χ4v) is 5.51. The maximum absolute atomic E-state index is 14.1. The molecule has 1 atom stereocenters. The summed E-state index contributed by atoms with van der Waals surface area (Å²) >= 11 is 0.866. The molecule has 1 aliphatic rings. The molecule has 0 bridgehead atoms. The molecular weight excluding hydrogens is 514 g/mol. The van der Waals surface area contributed by atoms with Crippen LogP contribution in [0.15, 0.2) is 47.1 Å². The second-order valence-electron chi connectivity index (χ2n) is 11.1. The summed E-state index contributed by atoms with van der Waals surface area (Å²) < 4.78 is 9.82. The predicted molar refractivity (Wildman–Crippen MR) is 151 cm³/mol. The maximum atomic E-state index is 14.1. The largest absolute Gasteiger partial charge is 0.467 e. The van der Waals surface area contributed by atoms with Crippen LogP contribution in [0.5, 0.6) is 0 Å². The van der Waals surface area contributed by atoms with E-state index >= 15 is 0 Å². The second-order valence-corrected chi connectivity index (χ2v) is 11.9. The van der Waals surface area contributed by atoms with Gasteiger partial charge in [-0.2, -0.15) is 4.37 Å². The van der Waals surface area contributed by atoms with Gasteiger partial charge < -0.3 is 25.7 Å². The third kappa shape index (κ3) is 7.06. The zero-order valence-corrected chi connectivity index (χ0v) is 23.8. The number of rotatable bonds is 8. The molecule has 0 saturated heterocycles. The first-order valence-corrected chi connectivity index (χ1v) is 14.1. The van der Waals surface area contributed by atoms with Crippen molar-refractivity contribution in [2.75, 3.05) is 5.73 Å². The summed E-state index contributed by atoms with van der Waals surface area (Å²) in [5.74, 6) is -0.729. The van der Waals surface area contributed by atoms with Crippen molar-refractivity contribution in [1.29, 1.82) is 0 Å². The number of amides is 3. The third-order valence-electron chi connectivity index (χ3n) is 6.70. The monoisotopic (exact) mass is 551 g/mol. The van der Waals surface area contributed by atoms with Gasteiger partial charge in [0.25, 0.3) is 11.8 Å². The molecule has 0 aliphatic heterocycles. The Balaban J connectivity index is 1.70. The highest BCUT2D eigenvalue weighted by Crippen LogP contribution is 2.31. The van der Waals surface area contributed by atoms with E-state index in [0.717, 1.165) is 42.8 Å². The van der Waals surface area contributed by atoms with Crippen LogP contribution in [0, 0.1) is 6.92 Å². The minimum absolute atomic E-state index is 0.0154. The Labute approximate surface area is 233 Å². The predicted octanol–water partition coefficient (Wildman–Crippen LogP) is 4.99. The van der Waals surface area contributed by atoms with Gasteiger partial charge in [0, 0.05) is 11.6 Å². The summed E-state index contributed by atoms with van der Waals surface area (Å²) in [6, 6.07) is 10.0. The Kier molecular flexibility index (Phi) is 8.74. The number of carbonyl (C=O) groups excluding carboxylic acids is 3. The number of hydrogen-bond donors (Lipinski definition) is 3. The SMILES string of the molecule is Cc1ccc([C@H](C(=O)NC(C)(C)C)N(Cc2ccco2)C(=O)c2snc(C(=O)NC3CCCCC3)c2N)cc1. The van der Waals surface area contributed by atoms with Crippen LogP contribution in [-0.2, 0) is 11.3 Å². The maximum Gasteiger partial charge on any atom is 0.273 e. The molecule has 0 radical (unpaired) electrons. The number of carbonyl (C=O) groups is 3. The Bertz CT molecular complexity index is 1290. The highest BCUT2D eigenvalue weighted by Gasteiger charge is 2.37. The van der Waals surface area contributed by atoms with Gasteiger partial charge in [-0.05, 0) is 69.8 Å². The fourth-order valence-electron chi connectivity index (χ4n) is 4.76. The van der Waals surface area contributed by atoms with Gasteiger partial charge in [-0.3, -0.25) is 14.4 Å². The van der Waals surface area contributed by atoms with Gasteiger partial charge in [0.05, 0.1) is 18.5 Å². The van der Waals surface area contributed by atoms with Crippen molar-refractivity contribution in [3.63, 3.8) is 0 Å². The van der Waals surface area contributed by atoms with E-state index in [9.17, 15) is 14.4 Å². The Morgan fingerprint density at radius 2 is 1.82 bits per heavy atom. The second kappa shape index (κ2) is 12.0. The zero-order chi connectivity index (χ0) is 28.2. The van der Waals surface area contributed by atoms with Gasteiger partial charge in [-0.15, -0.1) is 0 Å². The molecular formula is C29H37N5O4S. The smallest absolute Gasteiger partial charge is 0.273 e. The van der Waals surface area contributed by atoms with Crippen LogP contribution in [0.2, 0.25) is 0 Å². The average Bonchev–Trinajstić information content (AvgIpc) is 3.53. The number of anilines is 1. The molecule has 1 aromatic carbocycles. The van der Waals surface area contributed by atoms with Gasteiger partial charge in [0.15, 0.2) is 5.69 Å². The summed E-state index contributed by atoms with van der Waals surface area (Å²) in [7, 11) is 0. The number of furan rings is 1. The van der Waals surface area contributed by atoms with Crippen LogP contribution >= 0.6 is 11.5 Å². The fraction of sp³-hybridized carbons (Fsp3) is 0.448. The van der Waals surface area contributed by atoms with E-state index < -0.39 is 17.5 Å². The Hall–Kier alpha value is -3.66. The van der Waals surface area contributed by atoms with Crippen LogP contribution in [-0.4, -0.2) is 38.6 Å². The molecule has 1 aliphatic carbocycles. The Morgan fingerprint density at radius 1 is 1.13 bits per heavy atom. The number of nitrogen functional groups attached to an aromatic ring is 1. The van der Waals surface area contributed by atoms with E-state index in [1.165, 1.54) is 17.6 Å². The summed E-state index contributed by atoms with van der Waals surface area (Å²) in [6.07, 6.45) is 6.66. The van der Waals surface area contributed by atoms with Gasteiger partial charge in [0.1, 0.15) is 16.7 Å². The van der Waals surface area contributed by atoms with E-state index in [-0.39, 0.29) is 40.7 Å². The van der Waals surface area contributed by atoms with Crippen molar-refractivity contribution in [3.05, 3.63) is 70.1 Å². The van der Waals surface area contributed by atoms with Gasteiger partial charge in [-0.1, -0.05) is 49.1 Å². The molecule has 10 heteroatoms. The minimum atomic E-state index is -0.983. The van der Waals surface area contributed by atoms with Crippen molar-refractivity contribution < 1.29 is 18.8 Å². The van der Waals surface area contributed by atoms with Gasteiger partial charge in [0.2, 0.25) is 5.91 Å². The van der Waals surface area contributed by atoms with Crippen molar-refractivity contribution in [3.8, 4) is 0 Å². The van der Waals surface area contributed by atoms with Crippen LogP contribution < -0.4 is 16.4 Å². The first-order valence-electron chi connectivity index (χ1n) is 13.3. The Morgan fingerprint density at radius 3 is 2.44 bits per heavy atom. The van der Waals surface area contributed by atoms with E-state index in [1.54, 1.807) is 12.1 Å². The zero-order valence-electron chi connectivity index (χ0n) is 23.0. The molecule has 4 N–H and O–H groups in total. The lowest BCUT2D eigenvalue weighted by molar-refractivity contribution is -0.127. The number of nitrogens with one attached hydrogen (secondary N) is 2. The number of aromatic nitrogens is 1. The van der Waals surface area contributed by atoms with Crippen molar-refractivity contribution in [2.45, 2.75) is 84.0 Å². The first-order chi connectivity index (χ1) is 18.5. The normalized spacial score (nSPS) is 15.0. The number of hydrogen-bond acceptors (Lipinski definition) is 7. The molecule has 9 nitrogen and oxygen atoms in total. The summed E-state index contributed by atoms with van der Waals surface area (Å²) in [4.78, 5) is 42.4. The van der Waals surface area contributed by atoms with Crippen LogP contribution in [0.3, 0.4) is 0 Å². The molecule has 208 valence electrons. The van der Waals surface area contributed by atoms with E-state index in [0.29, 0.717) is 11.3 Å². The quantitative estimate of drug-likeness (QED) is 0.362. The summed E-state index contributed by atoms with van der Waals surface area (Å²) in [6.45, 7) is 7.62. The minimum Gasteiger partial charge on any atom is -0.467 e. The molecule has 2 aromatic heterocycles. The highest BCUT2D eigenvalue weighted by molar-refractivity contribution is 7.09. The van der Waals surface area contributed by atoms with Gasteiger partial charge >= 0.3 is 0 Å². The van der Waals surface area contributed by atoms with E-state index in [2.05, 4.69) is 15.0 Å². The lowest BCUT2D eigenvalue weighted by Gasteiger charge is -2.33. The number of nitrogens with zero attached hydrogens (tertiary/aromatic N) is 2. The topological polar surface area (TPSA) is 131 Å². The number of aryl methyl sites for hydroxylation is 1. The summed E-state index contributed by atoms with van der Waals surface area (Å²) in [5, 5.41) is 6.02. The lowest BCUT2D eigenvalue weighted by atomic mass is 9.95. The van der Waals surface area contributed by atoms with E-state index in [4.69, 9.17) is 10.2 Å². The van der Waals surface area contributed by atoms with Crippen LogP contribution in [0.25, 0.3) is 0 Å². The van der Waals surface area contributed by atoms with Crippen molar-refractivity contribution in [1.82, 2.24) is 19.9 Å². The average molecular weight is 552 g/mol. The van der Waals surface area contributed by atoms with E-state index in [1.807, 2.05) is 52.0 Å². The van der Waals surface area contributed by atoms with Crippen molar-refractivity contribution in [2.24, 2.45) is 0 Å². The standard InChI is InChI=1S/C29H37N5O4S/c1-18-12-14-19(15-13-18)24(27(36)32-29(2,3)4)34(17-21-11-8-16-38-21)28(37)25-22(30)23(33-39-25)26(35)31-20-9-6-5-7-10-20/h8,11-16,20,24H,5-7,9-10,17,30H2,1-4H3,(H,31,35)(H,32,36)/t24-/m1/s1. The molecule has 4 rings (SSSR count). The molecule has 3 amide bonds. The number of benzene rings is 1. The summed E-state index contributed by atoms with van der Waals surface area (Å²) in [5.41, 5.74) is 7.56. The molecule has 3 aromatic rings. The van der Waals surface area contributed by atoms with Crippen LogP contribution in [0.1, 0.15) is 96.0 Å². The molecule has 1 saturated carbocycles. The van der Waals surface area contributed by atoms with Gasteiger partial charge in [-0.25, -0.2) is 0 Å². The lowest BCUT2D eigenvalue weighted by Crippen LogP contribution is -2.49. The molecule has 1 fully saturated rings. The molecule has 2 heterocycles. The molecule has 39 heavy (non-hydrogen) atoms. The number of nitrogens with two attached hydrogens (primary N) is 1. The molecule has 0 spiro atoms.